The number of imidazole rings is 1. The molecule has 3 heterocycles. The Labute approximate surface area is 244 Å². The lowest BCUT2D eigenvalue weighted by atomic mass is 9.99. The fraction of sp³-hybridized carbons (Fsp3) is 0.441. The van der Waals surface area contributed by atoms with Gasteiger partial charge in [-0.15, -0.1) is 0 Å². The van der Waals surface area contributed by atoms with Gasteiger partial charge in [-0.2, -0.15) is 0 Å². The van der Waals surface area contributed by atoms with Crippen LogP contribution in [0, 0.1) is 0 Å². The van der Waals surface area contributed by atoms with E-state index in [-0.39, 0.29) is 11.8 Å². The highest BCUT2D eigenvalue weighted by atomic mass is 16.2. The van der Waals surface area contributed by atoms with Crippen LogP contribution in [0.2, 0.25) is 0 Å². The zero-order chi connectivity index (χ0) is 28.4. The average molecular weight is 553 g/mol. The molecule has 216 valence electrons. The first-order chi connectivity index (χ1) is 20.1. The number of anilines is 1. The zero-order valence-electron chi connectivity index (χ0n) is 24.7. The summed E-state index contributed by atoms with van der Waals surface area (Å²) in [6.07, 6.45) is 7.56. The van der Waals surface area contributed by atoms with Crippen molar-refractivity contribution in [1.29, 1.82) is 0 Å². The summed E-state index contributed by atoms with van der Waals surface area (Å²) in [7, 11) is 1.90. The lowest BCUT2D eigenvalue weighted by Crippen LogP contribution is -2.35. The summed E-state index contributed by atoms with van der Waals surface area (Å²) >= 11 is 0. The third kappa shape index (κ3) is 7.33. The molecule has 1 saturated heterocycles. The molecule has 2 aromatic heterocycles. The highest BCUT2D eigenvalue weighted by molar-refractivity contribution is 5.94. The maximum absolute atomic E-state index is 13.1. The molecule has 0 spiro atoms. The second-order valence-electron chi connectivity index (χ2n) is 11.2. The number of likely N-dealkylation sites (N-methyl/N-ethyl adjacent to an activating group) is 1. The molecule has 1 amide bonds. The van der Waals surface area contributed by atoms with Crippen molar-refractivity contribution >= 4 is 22.9 Å². The van der Waals surface area contributed by atoms with Crippen LogP contribution in [0.5, 0.6) is 0 Å². The van der Waals surface area contributed by atoms with Gasteiger partial charge in [0.2, 0.25) is 5.95 Å². The van der Waals surface area contributed by atoms with E-state index in [9.17, 15) is 4.79 Å². The number of unbranched alkanes of at least 4 members (excludes halogenated alkanes) is 2. The van der Waals surface area contributed by atoms with Crippen molar-refractivity contribution < 1.29 is 4.79 Å². The third-order valence-electron chi connectivity index (χ3n) is 8.25. The predicted molar refractivity (Wildman–Crippen MR) is 168 cm³/mol. The standard InChI is InChI=1S/C34H44N6O/c1-3-4-12-23-40-32-18-9-8-17-31(32)36-34(40)39-22-13-21-38(25-26-39)24-19-29(30-16-10-11-20-35-30)27-37(2)33(41)28-14-6-5-7-15-28/h5-11,14-18,20,29H,3-4,12-13,19,21-27H2,1-2H3. The molecule has 1 atom stereocenters. The normalized spacial score (nSPS) is 15.1. The highest BCUT2D eigenvalue weighted by Crippen LogP contribution is 2.25. The third-order valence-corrected chi connectivity index (χ3v) is 8.25. The van der Waals surface area contributed by atoms with Crippen LogP contribution in [-0.4, -0.2) is 76.6 Å². The minimum Gasteiger partial charge on any atom is -0.341 e. The van der Waals surface area contributed by atoms with Crippen molar-refractivity contribution in [1.82, 2.24) is 24.3 Å². The maximum Gasteiger partial charge on any atom is 0.253 e. The van der Waals surface area contributed by atoms with E-state index in [4.69, 9.17) is 4.98 Å². The number of hydrogen-bond donors (Lipinski definition) is 0. The maximum atomic E-state index is 13.1. The van der Waals surface area contributed by atoms with Crippen LogP contribution in [-0.2, 0) is 6.54 Å². The van der Waals surface area contributed by atoms with Crippen LogP contribution in [0.15, 0.2) is 79.0 Å². The number of amides is 1. The molecule has 1 fully saturated rings. The van der Waals surface area contributed by atoms with Gasteiger partial charge in [-0.1, -0.05) is 56.2 Å². The molecule has 0 bridgehead atoms. The van der Waals surface area contributed by atoms with Crippen molar-refractivity contribution in [3.8, 4) is 0 Å². The largest absolute Gasteiger partial charge is 0.341 e. The van der Waals surface area contributed by atoms with Crippen LogP contribution >= 0.6 is 0 Å². The number of carbonyl (C=O) groups excluding carboxylic acids is 1. The van der Waals surface area contributed by atoms with Crippen molar-refractivity contribution in [2.24, 2.45) is 0 Å². The van der Waals surface area contributed by atoms with Crippen LogP contribution in [0.25, 0.3) is 11.0 Å². The first-order valence-electron chi connectivity index (χ1n) is 15.3. The number of pyridine rings is 1. The summed E-state index contributed by atoms with van der Waals surface area (Å²) in [5, 5.41) is 0. The quantitative estimate of drug-likeness (QED) is 0.199. The van der Waals surface area contributed by atoms with Gasteiger partial charge in [-0.05, 0) is 68.8 Å². The second kappa shape index (κ2) is 14.3. The first-order valence-corrected chi connectivity index (χ1v) is 15.3. The fourth-order valence-electron chi connectivity index (χ4n) is 5.94. The molecule has 0 N–H and O–H groups in total. The Kier molecular flexibility index (Phi) is 10.0. The Morgan fingerprint density at radius 2 is 1.71 bits per heavy atom. The van der Waals surface area contributed by atoms with E-state index in [0.717, 1.165) is 74.8 Å². The van der Waals surface area contributed by atoms with Gasteiger partial charge in [0.1, 0.15) is 0 Å². The van der Waals surface area contributed by atoms with Crippen LogP contribution in [0.3, 0.4) is 0 Å². The Morgan fingerprint density at radius 3 is 2.51 bits per heavy atom. The molecule has 5 rings (SSSR count). The molecule has 7 heteroatoms. The minimum absolute atomic E-state index is 0.0544. The molecular formula is C34H44N6O. The Hall–Kier alpha value is -3.71. The van der Waals surface area contributed by atoms with E-state index in [2.05, 4.69) is 56.6 Å². The summed E-state index contributed by atoms with van der Waals surface area (Å²) in [5.74, 6) is 1.35. The Morgan fingerprint density at radius 1 is 0.902 bits per heavy atom. The van der Waals surface area contributed by atoms with Crippen molar-refractivity contribution in [3.05, 3.63) is 90.3 Å². The van der Waals surface area contributed by atoms with Gasteiger partial charge in [0, 0.05) is 63.1 Å². The highest BCUT2D eigenvalue weighted by Gasteiger charge is 2.23. The number of fused-ring (bicyclic) bond motifs is 1. The number of aromatic nitrogens is 3. The van der Waals surface area contributed by atoms with Gasteiger partial charge < -0.3 is 19.3 Å². The van der Waals surface area contributed by atoms with E-state index >= 15 is 0 Å². The Bertz CT molecular complexity index is 1370. The summed E-state index contributed by atoms with van der Waals surface area (Å²) in [6, 6.07) is 24.2. The monoisotopic (exact) mass is 552 g/mol. The van der Waals surface area contributed by atoms with Crippen LogP contribution < -0.4 is 4.90 Å². The molecule has 1 aliphatic rings. The van der Waals surface area contributed by atoms with Crippen molar-refractivity contribution in [2.45, 2.75) is 51.5 Å². The molecule has 0 aliphatic carbocycles. The Balaban J connectivity index is 1.24. The SMILES string of the molecule is CCCCCn1c(N2CCCN(CCC(CN(C)C(=O)c3ccccc3)c3ccccn3)CC2)nc2ccccc21. The number of rotatable bonds is 12. The molecule has 7 nitrogen and oxygen atoms in total. The summed E-state index contributed by atoms with van der Waals surface area (Å²) in [4.78, 5) is 29.8. The van der Waals surface area contributed by atoms with E-state index in [1.807, 2.05) is 60.6 Å². The van der Waals surface area contributed by atoms with Crippen molar-refractivity contribution in [2.75, 3.05) is 51.2 Å². The fourth-order valence-corrected chi connectivity index (χ4v) is 5.94. The summed E-state index contributed by atoms with van der Waals surface area (Å²) in [5.41, 5.74) is 4.11. The number of benzene rings is 2. The molecule has 0 radical (unpaired) electrons. The lowest BCUT2D eigenvalue weighted by Gasteiger charge is -2.27. The summed E-state index contributed by atoms with van der Waals surface area (Å²) < 4.78 is 2.44. The predicted octanol–water partition coefficient (Wildman–Crippen LogP) is 6.08. The molecule has 1 aliphatic heterocycles. The van der Waals surface area contributed by atoms with Crippen LogP contribution in [0.1, 0.15) is 61.0 Å². The second-order valence-corrected chi connectivity index (χ2v) is 11.2. The van der Waals surface area contributed by atoms with E-state index in [0.29, 0.717) is 6.54 Å². The zero-order valence-corrected chi connectivity index (χ0v) is 24.7. The number of aryl methyl sites for hydroxylation is 1. The van der Waals surface area contributed by atoms with Crippen molar-refractivity contribution in [3.63, 3.8) is 0 Å². The number of para-hydroxylation sites is 2. The molecular weight excluding hydrogens is 508 g/mol. The topological polar surface area (TPSA) is 57.5 Å². The van der Waals surface area contributed by atoms with Crippen LogP contribution in [0.4, 0.5) is 5.95 Å². The molecule has 0 saturated carbocycles. The van der Waals surface area contributed by atoms with Gasteiger partial charge in [0.15, 0.2) is 0 Å². The van der Waals surface area contributed by atoms with Gasteiger partial charge >= 0.3 is 0 Å². The van der Waals surface area contributed by atoms with E-state index in [1.165, 1.54) is 24.8 Å². The number of nitrogens with zero attached hydrogens (tertiary/aromatic N) is 6. The molecule has 41 heavy (non-hydrogen) atoms. The number of carbonyl (C=O) groups is 1. The van der Waals surface area contributed by atoms with E-state index in [1.54, 1.807) is 0 Å². The molecule has 4 aromatic rings. The number of hydrogen-bond acceptors (Lipinski definition) is 5. The van der Waals surface area contributed by atoms with Gasteiger partial charge in [-0.25, -0.2) is 4.98 Å². The molecule has 1 unspecified atom stereocenters. The van der Waals surface area contributed by atoms with E-state index < -0.39 is 0 Å². The van der Waals surface area contributed by atoms with Gasteiger partial charge in [-0.3, -0.25) is 9.78 Å². The minimum atomic E-state index is 0.0544. The summed E-state index contributed by atoms with van der Waals surface area (Å²) in [6.45, 7) is 8.97. The smallest absolute Gasteiger partial charge is 0.253 e. The average Bonchev–Trinajstić information content (AvgIpc) is 3.21. The van der Waals surface area contributed by atoms with Gasteiger partial charge in [0.05, 0.1) is 11.0 Å². The first kappa shape index (κ1) is 28.8. The molecule has 2 aromatic carbocycles. The van der Waals surface area contributed by atoms with Gasteiger partial charge in [0.25, 0.3) is 5.91 Å². The lowest BCUT2D eigenvalue weighted by molar-refractivity contribution is 0.0782.